The number of nitrogens with zero attached hydrogens (tertiary/aromatic N) is 1. The van der Waals surface area contributed by atoms with Gasteiger partial charge in [0.1, 0.15) is 5.60 Å². The Bertz CT molecular complexity index is 737. The van der Waals surface area contributed by atoms with Gasteiger partial charge in [0, 0.05) is 19.8 Å². The highest BCUT2D eigenvalue weighted by atomic mass is 16.6. The monoisotopic (exact) mass is 459 g/mol. The van der Waals surface area contributed by atoms with Crippen LogP contribution < -0.4 is 0 Å². The van der Waals surface area contributed by atoms with E-state index in [1.807, 2.05) is 26.8 Å². The molecular formula is C27H41NO5. The second-order valence-electron chi connectivity index (χ2n) is 11.0. The SMILES string of the molecule is CC(C)(C)OC(=O)N1CC(OCCCCOC[C@H]2C[C@@H]2C2CC(OCc3ccccc3)C2)C1. The molecule has 3 aliphatic rings. The number of benzene rings is 1. The maximum absolute atomic E-state index is 11.9. The summed E-state index contributed by atoms with van der Waals surface area (Å²) in [4.78, 5) is 13.6. The zero-order valence-electron chi connectivity index (χ0n) is 20.5. The molecule has 4 rings (SSSR count). The fourth-order valence-electron chi connectivity index (χ4n) is 4.73. The molecule has 0 unspecified atom stereocenters. The minimum absolute atomic E-state index is 0.147. The molecule has 1 aromatic rings. The van der Waals surface area contributed by atoms with Crippen LogP contribution in [0.5, 0.6) is 0 Å². The van der Waals surface area contributed by atoms with Gasteiger partial charge in [-0.1, -0.05) is 30.3 Å². The Balaban J connectivity index is 0.936. The molecule has 2 aliphatic carbocycles. The number of carbonyl (C=O) groups is 1. The molecule has 1 heterocycles. The van der Waals surface area contributed by atoms with Crippen molar-refractivity contribution in [1.29, 1.82) is 0 Å². The predicted octanol–water partition coefficient (Wildman–Crippen LogP) is 5.05. The molecule has 1 amide bonds. The molecule has 0 N–H and O–H groups in total. The molecule has 1 aromatic carbocycles. The molecule has 33 heavy (non-hydrogen) atoms. The van der Waals surface area contributed by atoms with Gasteiger partial charge in [-0.05, 0) is 76.2 Å². The van der Waals surface area contributed by atoms with E-state index < -0.39 is 5.60 Å². The predicted molar refractivity (Wildman–Crippen MR) is 127 cm³/mol. The van der Waals surface area contributed by atoms with E-state index in [1.54, 1.807) is 4.90 Å². The van der Waals surface area contributed by atoms with Crippen LogP contribution in [0.15, 0.2) is 30.3 Å². The first kappa shape index (κ1) is 24.5. The van der Waals surface area contributed by atoms with Crippen molar-refractivity contribution in [2.24, 2.45) is 17.8 Å². The molecule has 1 aliphatic heterocycles. The second kappa shape index (κ2) is 11.2. The Labute approximate surface area is 198 Å². The van der Waals surface area contributed by atoms with E-state index in [9.17, 15) is 4.79 Å². The van der Waals surface area contributed by atoms with Crippen molar-refractivity contribution in [2.45, 2.75) is 77.3 Å². The normalized spacial score (nSPS) is 27.1. The lowest BCUT2D eigenvalue weighted by Crippen LogP contribution is -2.55. The summed E-state index contributed by atoms with van der Waals surface area (Å²) in [7, 11) is 0. The number of carbonyl (C=O) groups excluding carboxylic acids is 1. The molecule has 0 aromatic heterocycles. The van der Waals surface area contributed by atoms with Gasteiger partial charge in [0.2, 0.25) is 0 Å². The molecule has 0 bridgehead atoms. The maximum Gasteiger partial charge on any atom is 0.410 e. The molecule has 2 saturated carbocycles. The molecule has 6 nitrogen and oxygen atoms in total. The zero-order valence-corrected chi connectivity index (χ0v) is 20.5. The lowest BCUT2D eigenvalue weighted by molar-refractivity contribution is -0.0644. The van der Waals surface area contributed by atoms with Crippen LogP contribution in [0.25, 0.3) is 0 Å². The van der Waals surface area contributed by atoms with E-state index in [-0.39, 0.29) is 12.2 Å². The summed E-state index contributed by atoms with van der Waals surface area (Å²) < 4.78 is 23.2. The number of ether oxygens (including phenoxy) is 4. The number of likely N-dealkylation sites (tertiary alicyclic amines) is 1. The molecule has 0 radical (unpaired) electrons. The Hall–Kier alpha value is -1.63. The van der Waals surface area contributed by atoms with Gasteiger partial charge in [-0.2, -0.15) is 0 Å². The third kappa shape index (κ3) is 7.69. The van der Waals surface area contributed by atoms with Crippen molar-refractivity contribution in [3.63, 3.8) is 0 Å². The summed E-state index contributed by atoms with van der Waals surface area (Å²) in [6, 6.07) is 10.4. The van der Waals surface area contributed by atoms with Gasteiger partial charge in [0.15, 0.2) is 0 Å². The second-order valence-corrected chi connectivity index (χ2v) is 11.0. The molecule has 6 heteroatoms. The summed E-state index contributed by atoms with van der Waals surface area (Å²) in [5.41, 5.74) is 0.820. The van der Waals surface area contributed by atoms with Crippen molar-refractivity contribution < 1.29 is 23.7 Å². The zero-order chi connectivity index (χ0) is 23.3. The Morgan fingerprint density at radius 2 is 1.70 bits per heavy atom. The highest BCUT2D eigenvalue weighted by Crippen LogP contribution is 2.52. The number of amides is 1. The minimum atomic E-state index is -0.444. The van der Waals surface area contributed by atoms with Crippen molar-refractivity contribution in [3.05, 3.63) is 35.9 Å². The lowest BCUT2D eigenvalue weighted by Gasteiger charge is -2.39. The van der Waals surface area contributed by atoms with Gasteiger partial charge in [-0.15, -0.1) is 0 Å². The average Bonchev–Trinajstić information content (AvgIpc) is 3.45. The Morgan fingerprint density at radius 1 is 0.970 bits per heavy atom. The standard InChI is InChI=1S/C27H41NO5/c1-27(2,3)33-26(29)28-16-24(17-28)31-12-8-7-11-30-19-22-15-25(22)21-13-23(14-21)32-18-20-9-5-4-6-10-20/h4-6,9-10,21-25H,7-8,11-19H2,1-3H3/t21?,22-,23?,25-/m1/s1. The van der Waals surface area contributed by atoms with Crippen LogP contribution >= 0.6 is 0 Å². The van der Waals surface area contributed by atoms with Gasteiger partial charge in [0.25, 0.3) is 0 Å². The van der Waals surface area contributed by atoms with Crippen LogP contribution in [-0.4, -0.2) is 61.7 Å². The van der Waals surface area contributed by atoms with Crippen molar-refractivity contribution in [2.75, 3.05) is 32.9 Å². The average molecular weight is 460 g/mol. The van der Waals surface area contributed by atoms with E-state index in [1.165, 1.54) is 24.8 Å². The molecule has 3 fully saturated rings. The van der Waals surface area contributed by atoms with Crippen LogP contribution in [0.3, 0.4) is 0 Å². The first-order valence-electron chi connectivity index (χ1n) is 12.7. The maximum atomic E-state index is 11.9. The number of rotatable bonds is 12. The highest BCUT2D eigenvalue weighted by Gasteiger charge is 2.48. The van der Waals surface area contributed by atoms with E-state index in [0.717, 1.165) is 57.0 Å². The van der Waals surface area contributed by atoms with Gasteiger partial charge in [-0.3, -0.25) is 0 Å². The van der Waals surface area contributed by atoms with E-state index in [2.05, 4.69) is 24.3 Å². The molecule has 184 valence electrons. The summed E-state index contributed by atoms with van der Waals surface area (Å²) in [5, 5.41) is 0. The molecule has 0 spiro atoms. The quantitative estimate of drug-likeness (QED) is 0.409. The van der Waals surface area contributed by atoms with Gasteiger partial charge < -0.3 is 23.8 Å². The van der Waals surface area contributed by atoms with E-state index in [4.69, 9.17) is 18.9 Å². The third-order valence-corrected chi connectivity index (χ3v) is 6.91. The van der Waals surface area contributed by atoms with Gasteiger partial charge in [-0.25, -0.2) is 4.79 Å². The molecule has 1 saturated heterocycles. The third-order valence-electron chi connectivity index (χ3n) is 6.91. The molecule has 2 atom stereocenters. The van der Waals surface area contributed by atoms with Crippen LogP contribution in [-0.2, 0) is 25.6 Å². The first-order valence-corrected chi connectivity index (χ1v) is 12.7. The summed E-state index contributed by atoms with van der Waals surface area (Å²) >= 11 is 0. The largest absolute Gasteiger partial charge is 0.444 e. The summed E-state index contributed by atoms with van der Waals surface area (Å²) in [6.07, 6.45) is 6.15. The van der Waals surface area contributed by atoms with Crippen molar-refractivity contribution >= 4 is 6.09 Å². The number of hydrogen-bond donors (Lipinski definition) is 0. The number of hydrogen-bond acceptors (Lipinski definition) is 5. The highest BCUT2D eigenvalue weighted by molar-refractivity contribution is 5.69. The van der Waals surface area contributed by atoms with Crippen LogP contribution in [0.1, 0.15) is 58.4 Å². The van der Waals surface area contributed by atoms with Crippen molar-refractivity contribution in [3.8, 4) is 0 Å². The van der Waals surface area contributed by atoms with Crippen LogP contribution in [0.2, 0.25) is 0 Å². The minimum Gasteiger partial charge on any atom is -0.444 e. The van der Waals surface area contributed by atoms with Crippen molar-refractivity contribution in [1.82, 2.24) is 4.90 Å². The topological polar surface area (TPSA) is 57.2 Å². The fourth-order valence-corrected chi connectivity index (χ4v) is 4.73. The van der Waals surface area contributed by atoms with Gasteiger partial charge in [0.05, 0.1) is 31.9 Å². The number of unbranched alkanes of at least 4 members (excludes halogenated alkanes) is 1. The Morgan fingerprint density at radius 3 is 2.42 bits per heavy atom. The fraction of sp³-hybridized carbons (Fsp3) is 0.741. The summed E-state index contributed by atoms with van der Waals surface area (Å²) in [5.74, 6) is 2.46. The smallest absolute Gasteiger partial charge is 0.410 e. The van der Waals surface area contributed by atoms with Crippen LogP contribution in [0.4, 0.5) is 4.79 Å². The van der Waals surface area contributed by atoms with E-state index in [0.29, 0.717) is 19.2 Å². The molecular weight excluding hydrogens is 418 g/mol. The van der Waals surface area contributed by atoms with Gasteiger partial charge >= 0.3 is 6.09 Å². The summed E-state index contributed by atoms with van der Waals surface area (Å²) in [6.45, 7) is 10.1. The van der Waals surface area contributed by atoms with E-state index >= 15 is 0 Å². The Kier molecular flexibility index (Phi) is 8.31. The van der Waals surface area contributed by atoms with Crippen LogP contribution in [0, 0.1) is 17.8 Å². The lowest BCUT2D eigenvalue weighted by atomic mass is 9.78. The first-order chi connectivity index (χ1) is 15.9.